The van der Waals surface area contributed by atoms with Crippen molar-refractivity contribution in [1.82, 2.24) is 0 Å². The molecule has 1 nitrogen and oxygen atoms in total. The first kappa shape index (κ1) is 14.8. The summed E-state index contributed by atoms with van der Waals surface area (Å²) in [6, 6.07) is 10.3. The summed E-state index contributed by atoms with van der Waals surface area (Å²) in [7, 11) is 1.56. The normalized spacial score (nSPS) is 12.3. The van der Waals surface area contributed by atoms with Gasteiger partial charge in [-0.1, -0.05) is 55.6 Å². The molecule has 1 unspecified atom stereocenters. The smallest absolute Gasteiger partial charge is 0.137 e. The average molecular weight is 408 g/mol. The first-order valence-electron chi connectivity index (χ1n) is 5.46. The molecular formula is C14H10Br2ClFO. The fourth-order valence-corrected chi connectivity index (χ4v) is 3.65. The highest BCUT2D eigenvalue weighted by Gasteiger charge is 2.18. The second kappa shape index (κ2) is 6.25. The number of hydrogen-bond donors (Lipinski definition) is 0. The number of methoxy groups -OCH3 is 1. The summed E-state index contributed by atoms with van der Waals surface area (Å²) < 4.78 is 19.7. The average Bonchev–Trinajstić information content (AvgIpc) is 2.38. The third-order valence-electron chi connectivity index (χ3n) is 2.72. The second-order valence-electron chi connectivity index (χ2n) is 3.89. The number of hydrogen-bond acceptors (Lipinski definition) is 1. The maximum atomic E-state index is 13.9. The summed E-state index contributed by atoms with van der Waals surface area (Å²) in [5.74, 6) is 0.320. The molecule has 2 aromatic carbocycles. The highest BCUT2D eigenvalue weighted by Crippen LogP contribution is 2.39. The number of rotatable bonds is 3. The maximum Gasteiger partial charge on any atom is 0.137 e. The minimum Gasteiger partial charge on any atom is -0.495 e. The topological polar surface area (TPSA) is 9.23 Å². The van der Waals surface area contributed by atoms with E-state index in [1.165, 1.54) is 6.07 Å². The molecule has 0 amide bonds. The van der Waals surface area contributed by atoms with E-state index in [1.807, 2.05) is 6.07 Å². The molecule has 19 heavy (non-hydrogen) atoms. The highest BCUT2D eigenvalue weighted by atomic mass is 79.9. The van der Waals surface area contributed by atoms with Crippen LogP contribution in [0.15, 0.2) is 40.9 Å². The first-order chi connectivity index (χ1) is 9.04. The van der Waals surface area contributed by atoms with E-state index in [9.17, 15) is 4.39 Å². The van der Waals surface area contributed by atoms with Gasteiger partial charge >= 0.3 is 0 Å². The number of benzene rings is 2. The fourth-order valence-electron chi connectivity index (χ4n) is 1.76. The lowest BCUT2D eigenvalue weighted by molar-refractivity contribution is 0.415. The number of halogens is 4. The molecule has 0 saturated heterocycles. The van der Waals surface area contributed by atoms with Gasteiger partial charge in [0.2, 0.25) is 0 Å². The molecule has 5 heteroatoms. The van der Waals surface area contributed by atoms with E-state index in [1.54, 1.807) is 31.4 Å². The largest absolute Gasteiger partial charge is 0.495 e. The number of alkyl halides is 1. The predicted octanol–water partition coefficient (Wildman–Crippen LogP) is 5.73. The van der Waals surface area contributed by atoms with Crippen LogP contribution in [-0.4, -0.2) is 7.11 Å². The van der Waals surface area contributed by atoms with Gasteiger partial charge < -0.3 is 4.74 Å². The van der Waals surface area contributed by atoms with E-state index in [0.717, 1.165) is 5.56 Å². The van der Waals surface area contributed by atoms with Crippen LogP contribution in [0, 0.1) is 5.82 Å². The minimum absolute atomic E-state index is 0.275. The number of ether oxygens (including phenoxy) is 1. The van der Waals surface area contributed by atoms with E-state index in [0.29, 0.717) is 20.8 Å². The van der Waals surface area contributed by atoms with Crippen LogP contribution in [0.2, 0.25) is 5.02 Å². The summed E-state index contributed by atoms with van der Waals surface area (Å²) in [6.45, 7) is 0. The van der Waals surface area contributed by atoms with Gasteiger partial charge in [0.25, 0.3) is 0 Å². The molecule has 2 rings (SSSR count). The van der Waals surface area contributed by atoms with Gasteiger partial charge in [0, 0.05) is 10.0 Å². The van der Waals surface area contributed by atoms with Gasteiger partial charge in [-0.3, -0.25) is 0 Å². The quantitative estimate of drug-likeness (QED) is 0.589. The lowest BCUT2D eigenvalue weighted by atomic mass is 10.0. The zero-order chi connectivity index (χ0) is 14.0. The van der Waals surface area contributed by atoms with Crippen LogP contribution in [0.1, 0.15) is 16.0 Å². The van der Waals surface area contributed by atoms with Crippen molar-refractivity contribution in [3.63, 3.8) is 0 Å². The third kappa shape index (κ3) is 3.12. The van der Waals surface area contributed by atoms with Gasteiger partial charge in [0.1, 0.15) is 11.6 Å². The first-order valence-corrected chi connectivity index (χ1v) is 7.54. The molecule has 0 radical (unpaired) electrons. The molecule has 0 aliphatic rings. The third-order valence-corrected chi connectivity index (χ3v) is 4.70. The summed E-state index contributed by atoms with van der Waals surface area (Å²) in [5, 5.41) is 0.497. The van der Waals surface area contributed by atoms with Crippen LogP contribution in [0.25, 0.3) is 0 Å². The lowest BCUT2D eigenvalue weighted by Crippen LogP contribution is -1.98. The molecule has 0 fully saturated rings. The Morgan fingerprint density at radius 1 is 1.26 bits per heavy atom. The minimum atomic E-state index is -0.286. The monoisotopic (exact) mass is 406 g/mol. The summed E-state index contributed by atoms with van der Waals surface area (Å²) in [4.78, 5) is -0.286. The van der Waals surface area contributed by atoms with E-state index < -0.39 is 0 Å². The summed E-state index contributed by atoms with van der Waals surface area (Å²) in [6.07, 6.45) is 0. The van der Waals surface area contributed by atoms with Crippen molar-refractivity contribution in [2.75, 3.05) is 7.11 Å². The van der Waals surface area contributed by atoms with Crippen molar-refractivity contribution >= 4 is 43.5 Å². The molecule has 0 saturated carbocycles. The van der Waals surface area contributed by atoms with Crippen LogP contribution in [0.5, 0.6) is 5.75 Å². The van der Waals surface area contributed by atoms with E-state index in [4.69, 9.17) is 16.3 Å². The van der Waals surface area contributed by atoms with Crippen LogP contribution in [-0.2, 0) is 0 Å². The second-order valence-corrected chi connectivity index (χ2v) is 6.07. The zero-order valence-electron chi connectivity index (χ0n) is 9.96. The Labute approximate surface area is 133 Å². The molecule has 0 aromatic heterocycles. The highest BCUT2D eigenvalue weighted by molar-refractivity contribution is 9.11. The van der Waals surface area contributed by atoms with Crippen LogP contribution >= 0.6 is 43.5 Å². The molecule has 0 spiro atoms. The Kier molecular flexibility index (Phi) is 4.87. The van der Waals surface area contributed by atoms with Gasteiger partial charge in [-0.2, -0.15) is 0 Å². The molecule has 0 N–H and O–H groups in total. The fraction of sp³-hybridized carbons (Fsp3) is 0.143. The summed E-state index contributed by atoms with van der Waals surface area (Å²) in [5.41, 5.74) is 1.40. The standard InChI is InChI=1S/C14H10Br2ClFO/c1-19-12-6-5-8(7-10(12)17)14(16)13-9(15)3-2-4-11(13)18/h2-7,14H,1H3. The van der Waals surface area contributed by atoms with Crippen molar-refractivity contribution in [2.45, 2.75) is 4.83 Å². The molecule has 0 bridgehead atoms. The Balaban J connectivity index is 2.44. The van der Waals surface area contributed by atoms with Crippen molar-refractivity contribution in [1.29, 1.82) is 0 Å². The van der Waals surface area contributed by atoms with Gasteiger partial charge in [-0.25, -0.2) is 4.39 Å². The Morgan fingerprint density at radius 2 is 2.00 bits per heavy atom. The molecular weight excluding hydrogens is 398 g/mol. The van der Waals surface area contributed by atoms with Crippen LogP contribution in [0.3, 0.4) is 0 Å². The van der Waals surface area contributed by atoms with E-state index >= 15 is 0 Å². The van der Waals surface area contributed by atoms with Crippen molar-refractivity contribution in [2.24, 2.45) is 0 Å². The van der Waals surface area contributed by atoms with Gasteiger partial charge in [-0.15, -0.1) is 0 Å². The molecule has 100 valence electrons. The molecule has 0 heterocycles. The van der Waals surface area contributed by atoms with E-state index in [2.05, 4.69) is 31.9 Å². The summed E-state index contributed by atoms with van der Waals surface area (Å²) >= 11 is 13.0. The molecule has 0 aliphatic heterocycles. The van der Waals surface area contributed by atoms with Gasteiger partial charge in [0.15, 0.2) is 0 Å². The van der Waals surface area contributed by atoms with Crippen molar-refractivity contribution in [3.05, 3.63) is 62.8 Å². The Bertz CT molecular complexity index is 584. The predicted molar refractivity (Wildman–Crippen MR) is 82.9 cm³/mol. The molecule has 1 atom stereocenters. The Hall–Kier alpha value is -0.580. The van der Waals surface area contributed by atoms with Crippen LogP contribution < -0.4 is 4.74 Å². The van der Waals surface area contributed by atoms with Gasteiger partial charge in [0.05, 0.1) is 17.0 Å². The lowest BCUT2D eigenvalue weighted by Gasteiger charge is -2.15. The van der Waals surface area contributed by atoms with Crippen LogP contribution in [0.4, 0.5) is 4.39 Å². The molecule has 0 aliphatic carbocycles. The maximum absolute atomic E-state index is 13.9. The van der Waals surface area contributed by atoms with Gasteiger partial charge in [-0.05, 0) is 29.8 Å². The Morgan fingerprint density at radius 3 is 2.58 bits per heavy atom. The van der Waals surface area contributed by atoms with E-state index in [-0.39, 0.29) is 10.6 Å². The van der Waals surface area contributed by atoms with Crippen molar-refractivity contribution in [3.8, 4) is 5.75 Å². The van der Waals surface area contributed by atoms with Crippen molar-refractivity contribution < 1.29 is 9.13 Å². The zero-order valence-corrected chi connectivity index (χ0v) is 13.9. The SMILES string of the molecule is COc1ccc(C(Br)c2c(F)cccc2Br)cc1Cl. The molecule has 2 aromatic rings.